The van der Waals surface area contributed by atoms with Gasteiger partial charge in [-0.15, -0.1) is 0 Å². The van der Waals surface area contributed by atoms with Crippen molar-refractivity contribution in [1.82, 2.24) is 9.97 Å². The van der Waals surface area contributed by atoms with Crippen molar-refractivity contribution in [3.63, 3.8) is 0 Å². The SMILES string of the molecule is CCO[C@H]1CCN(c2cc(C)nc3cc(OCc4cccnc4Cl)ccc23)C1. The summed E-state index contributed by atoms with van der Waals surface area (Å²) in [4.78, 5) is 11.2. The molecule has 3 heterocycles. The Kier molecular flexibility index (Phi) is 5.64. The van der Waals surface area contributed by atoms with E-state index in [2.05, 4.69) is 28.9 Å². The van der Waals surface area contributed by atoms with E-state index in [0.29, 0.717) is 17.9 Å². The second-order valence-electron chi connectivity index (χ2n) is 7.02. The third-order valence-corrected chi connectivity index (χ3v) is 5.35. The fourth-order valence-corrected chi connectivity index (χ4v) is 3.85. The first-order chi connectivity index (χ1) is 13.6. The minimum atomic E-state index is 0.306. The molecule has 1 saturated heterocycles. The average Bonchev–Trinajstić information content (AvgIpc) is 3.15. The molecule has 1 atom stereocenters. The van der Waals surface area contributed by atoms with Gasteiger partial charge in [-0.05, 0) is 44.5 Å². The Labute approximate surface area is 170 Å². The van der Waals surface area contributed by atoms with Crippen molar-refractivity contribution in [2.24, 2.45) is 0 Å². The van der Waals surface area contributed by atoms with Gasteiger partial charge in [-0.1, -0.05) is 17.7 Å². The van der Waals surface area contributed by atoms with Crippen LogP contribution in [0.4, 0.5) is 5.69 Å². The van der Waals surface area contributed by atoms with Crippen LogP contribution >= 0.6 is 11.6 Å². The van der Waals surface area contributed by atoms with Gasteiger partial charge < -0.3 is 14.4 Å². The minimum absolute atomic E-state index is 0.306. The van der Waals surface area contributed by atoms with Crippen LogP contribution in [0.3, 0.4) is 0 Å². The van der Waals surface area contributed by atoms with E-state index in [4.69, 9.17) is 26.1 Å². The molecule has 1 aliphatic rings. The number of fused-ring (bicyclic) bond motifs is 1. The van der Waals surface area contributed by atoms with Crippen molar-refractivity contribution in [2.45, 2.75) is 33.0 Å². The highest BCUT2D eigenvalue weighted by Gasteiger charge is 2.24. The van der Waals surface area contributed by atoms with Gasteiger partial charge in [0.15, 0.2) is 0 Å². The Bertz CT molecular complexity index is 979. The predicted molar refractivity (Wildman–Crippen MR) is 112 cm³/mol. The molecule has 0 spiro atoms. The molecule has 5 nitrogen and oxygen atoms in total. The molecular formula is C22H24ClN3O2. The summed E-state index contributed by atoms with van der Waals surface area (Å²) >= 11 is 6.11. The maximum atomic E-state index is 6.11. The van der Waals surface area contributed by atoms with E-state index >= 15 is 0 Å². The molecule has 3 aromatic rings. The topological polar surface area (TPSA) is 47.5 Å². The zero-order valence-corrected chi connectivity index (χ0v) is 16.9. The van der Waals surface area contributed by atoms with E-state index in [9.17, 15) is 0 Å². The number of benzene rings is 1. The van der Waals surface area contributed by atoms with Crippen LogP contribution in [-0.4, -0.2) is 35.8 Å². The number of rotatable bonds is 6. The molecule has 4 rings (SSSR count). The standard InChI is InChI=1S/C22H24ClN3O2/c1-3-27-18-8-10-26(13-18)21-11-15(2)25-20-12-17(6-7-19(20)21)28-14-16-5-4-9-24-22(16)23/h4-7,9,11-12,18H,3,8,10,13-14H2,1-2H3/t18-/m0/s1. The molecule has 1 fully saturated rings. The molecule has 0 amide bonds. The van der Waals surface area contributed by atoms with Gasteiger partial charge in [0.05, 0.1) is 11.6 Å². The number of nitrogens with zero attached hydrogens (tertiary/aromatic N) is 3. The molecule has 0 saturated carbocycles. The normalized spacial score (nSPS) is 16.7. The number of pyridine rings is 2. The Balaban J connectivity index is 1.57. The van der Waals surface area contributed by atoms with Crippen LogP contribution in [0.1, 0.15) is 24.6 Å². The lowest BCUT2D eigenvalue weighted by Gasteiger charge is -2.21. The number of hydrogen-bond donors (Lipinski definition) is 0. The molecule has 1 aromatic carbocycles. The number of aromatic nitrogens is 2. The molecule has 0 radical (unpaired) electrons. The molecule has 0 bridgehead atoms. The van der Waals surface area contributed by atoms with E-state index in [0.717, 1.165) is 54.0 Å². The van der Waals surface area contributed by atoms with Gasteiger partial charge in [0.25, 0.3) is 0 Å². The first-order valence-electron chi connectivity index (χ1n) is 9.64. The van der Waals surface area contributed by atoms with E-state index in [1.54, 1.807) is 6.20 Å². The Morgan fingerprint density at radius 1 is 1.25 bits per heavy atom. The van der Waals surface area contributed by atoms with Crippen LogP contribution < -0.4 is 9.64 Å². The number of ether oxygens (including phenoxy) is 2. The van der Waals surface area contributed by atoms with Crippen LogP contribution in [0, 0.1) is 6.92 Å². The molecule has 0 unspecified atom stereocenters. The molecule has 28 heavy (non-hydrogen) atoms. The molecule has 1 aliphatic heterocycles. The minimum Gasteiger partial charge on any atom is -0.489 e. The van der Waals surface area contributed by atoms with Crippen molar-refractivity contribution in [3.8, 4) is 5.75 Å². The summed E-state index contributed by atoms with van der Waals surface area (Å²) in [5, 5.41) is 1.60. The number of hydrogen-bond acceptors (Lipinski definition) is 5. The summed E-state index contributed by atoms with van der Waals surface area (Å²) in [6.45, 7) is 7.14. The number of halogens is 1. The molecule has 2 aromatic heterocycles. The highest BCUT2D eigenvalue weighted by Crippen LogP contribution is 2.32. The van der Waals surface area contributed by atoms with Gasteiger partial charge in [0.1, 0.15) is 17.5 Å². The number of aryl methyl sites for hydroxylation is 1. The lowest BCUT2D eigenvalue weighted by Crippen LogP contribution is -2.23. The Hall–Kier alpha value is -2.37. The molecule has 0 aliphatic carbocycles. The highest BCUT2D eigenvalue weighted by atomic mass is 35.5. The Morgan fingerprint density at radius 3 is 2.96 bits per heavy atom. The smallest absolute Gasteiger partial charge is 0.135 e. The van der Waals surface area contributed by atoms with E-state index in [1.165, 1.54) is 5.69 Å². The van der Waals surface area contributed by atoms with Crippen molar-refractivity contribution in [1.29, 1.82) is 0 Å². The van der Waals surface area contributed by atoms with Crippen LogP contribution in [0.15, 0.2) is 42.6 Å². The lowest BCUT2D eigenvalue weighted by molar-refractivity contribution is 0.0788. The molecular weight excluding hydrogens is 374 g/mol. The first-order valence-corrected chi connectivity index (χ1v) is 10.0. The van der Waals surface area contributed by atoms with Gasteiger partial charge in [0, 0.05) is 54.3 Å². The van der Waals surface area contributed by atoms with Crippen LogP contribution in [0.25, 0.3) is 10.9 Å². The molecule has 6 heteroatoms. The summed E-state index contributed by atoms with van der Waals surface area (Å²) in [6.07, 6.45) is 3.04. The van der Waals surface area contributed by atoms with Crippen LogP contribution in [0.2, 0.25) is 5.15 Å². The van der Waals surface area contributed by atoms with Gasteiger partial charge in [-0.2, -0.15) is 0 Å². The largest absolute Gasteiger partial charge is 0.489 e. The third-order valence-electron chi connectivity index (χ3n) is 5.01. The quantitative estimate of drug-likeness (QED) is 0.560. The zero-order valence-electron chi connectivity index (χ0n) is 16.2. The van der Waals surface area contributed by atoms with E-state index in [1.807, 2.05) is 31.2 Å². The van der Waals surface area contributed by atoms with Crippen molar-refractivity contribution < 1.29 is 9.47 Å². The fourth-order valence-electron chi connectivity index (χ4n) is 3.68. The van der Waals surface area contributed by atoms with Gasteiger partial charge in [-0.3, -0.25) is 4.98 Å². The highest BCUT2D eigenvalue weighted by molar-refractivity contribution is 6.30. The second kappa shape index (κ2) is 8.33. The predicted octanol–water partition coefficient (Wildman–Crippen LogP) is 4.79. The summed E-state index contributed by atoms with van der Waals surface area (Å²) in [6, 6.07) is 12.0. The number of anilines is 1. The Morgan fingerprint density at radius 2 is 2.14 bits per heavy atom. The second-order valence-corrected chi connectivity index (χ2v) is 7.37. The third kappa shape index (κ3) is 4.05. The fraction of sp³-hybridized carbons (Fsp3) is 0.364. The average molecular weight is 398 g/mol. The van der Waals surface area contributed by atoms with Crippen LogP contribution in [-0.2, 0) is 11.3 Å². The van der Waals surface area contributed by atoms with Gasteiger partial charge in [-0.25, -0.2) is 4.98 Å². The van der Waals surface area contributed by atoms with Gasteiger partial charge >= 0.3 is 0 Å². The maximum absolute atomic E-state index is 6.11. The monoisotopic (exact) mass is 397 g/mol. The zero-order chi connectivity index (χ0) is 19.5. The van der Waals surface area contributed by atoms with Crippen molar-refractivity contribution in [3.05, 3.63) is 59.0 Å². The maximum Gasteiger partial charge on any atom is 0.135 e. The van der Waals surface area contributed by atoms with Gasteiger partial charge in [0.2, 0.25) is 0 Å². The molecule has 0 N–H and O–H groups in total. The van der Waals surface area contributed by atoms with Crippen molar-refractivity contribution >= 4 is 28.2 Å². The summed E-state index contributed by atoms with van der Waals surface area (Å²) in [7, 11) is 0. The molecule has 146 valence electrons. The summed E-state index contributed by atoms with van der Waals surface area (Å²) in [5.41, 5.74) is 4.01. The van der Waals surface area contributed by atoms with Crippen molar-refractivity contribution in [2.75, 3.05) is 24.6 Å². The van der Waals surface area contributed by atoms with Crippen LogP contribution in [0.5, 0.6) is 5.75 Å². The summed E-state index contributed by atoms with van der Waals surface area (Å²) in [5.74, 6) is 0.769. The first kappa shape index (κ1) is 19.0. The lowest BCUT2D eigenvalue weighted by atomic mass is 10.1. The summed E-state index contributed by atoms with van der Waals surface area (Å²) < 4.78 is 11.7. The van der Waals surface area contributed by atoms with E-state index in [-0.39, 0.29) is 0 Å². The van der Waals surface area contributed by atoms with E-state index < -0.39 is 0 Å².